The standard InChI is InChI=1S/2Ac.3O. The molecule has 5 heavy (non-hydrogen) atoms. The minimum atomic E-state index is -2.09. The molecule has 0 aliphatic carbocycles. The Labute approximate surface area is 76.2 Å². The fourth-order valence-corrected chi connectivity index (χ4v) is 1.93. The molecule has 5 heteroatoms. The molecule has 0 aliphatic heterocycles. The third-order valence-corrected chi connectivity index (χ3v) is 9.44. The van der Waals surface area contributed by atoms with E-state index in [1.54, 1.807) is 0 Å². The molecule has 0 radical (unpaired) electrons. The molecule has 0 rings (SSSR count). The second-order valence-corrected chi connectivity index (χ2v) is 13.3. The van der Waals surface area contributed by atoms with Crippen LogP contribution in [0.3, 0.4) is 0 Å². The van der Waals surface area contributed by atoms with Crippen LogP contribution in [0.1, 0.15) is 0 Å². The summed E-state index contributed by atoms with van der Waals surface area (Å²) in [6.07, 6.45) is 0. The minimum absolute atomic E-state index is 2.09. The molecule has 0 aromatic heterocycles. The van der Waals surface area contributed by atoms with E-state index < -0.39 is 80.9 Å². The fraction of sp³-hybridized carbons (Fsp3) is 0. The first kappa shape index (κ1) is 7.44. The van der Waals surface area contributed by atoms with Crippen molar-refractivity contribution < 1.29 is 78.8 Å². The summed E-state index contributed by atoms with van der Waals surface area (Å²) < 4.78 is 22.9. The maximum atomic E-state index is 9.38. The van der Waals surface area contributed by atoms with Gasteiger partial charge >= 0.3 is 78.8 Å². The number of hydrogen-bond donors (Lipinski definition) is 0. The molecule has 24 valence electrons. The van der Waals surface area contributed by atoms with Crippen LogP contribution in [-0.2, 0) is -2.11 Å². The molecular weight excluding hydrogens is 502 g/mol. The first-order valence-corrected chi connectivity index (χ1v) is 8.69. The summed E-state index contributed by atoms with van der Waals surface area (Å²) in [6, 6.07) is 0. The van der Waals surface area contributed by atoms with Gasteiger partial charge in [-0.25, -0.2) is 0 Å². The molecule has 0 N–H and O–H groups in total. The zero-order valence-corrected chi connectivity index (χ0v) is 11.9. The number of rotatable bonds is 2. The van der Waals surface area contributed by atoms with Gasteiger partial charge in [-0.1, -0.05) is 0 Å². The first-order valence-electron chi connectivity index (χ1n) is 0.943. The summed E-state index contributed by atoms with van der Waals surface area (Å²) in [4.78, 5) is 0. The van der Waals surface area contributed by atoms with Crippen LogP contribution in [0.2, 0.25) is 0 Å². The van der Waals surface area contributed by atoms with Crippen LogP contribution in [0.25, 0.3) is 0 Å². The van der Waals surface area contributed by atoms with E-state index >= 15 is 0 Å². The summed E-state index contributed by atoms with van der Waals surface area (Å²) >= 11 is -4.18. The van der Waals surface area contributed by atoms with Gasteiger partial charge in [0.15, 0.2) is 0 Å². The van der Waals surface area contributed by atoms with Crippen molar-refractivity contribution in [3.63, 3.8) is 0 Å². The van der Waals surface area contributed by atoms with E-state index in [1.807, 2.05) is 0 Å². The van der Waals surface area contributed by atoms with Gasteiger partial charge in [-0.3, -0.25) is 0 Å². The zero-order valence-electron chi connectivity index (χ0n) is 2.38. The summed E-state index contributed by atoms with van der Waals surface area (Å²) in [5, 5.41) is 0. The van der Waals surface area contributed by atoms with E-state index in [1.165, 1.54) is 0 Å². The molecular formula is Ac2O3. The van der Waals surface area contributed by atoms with E-state index in [2.05, 4.69) is -3.41 Å². The molecule has 0 aliphatic rings. The molecule has 0 saturated carbocycles. The van der Waals surface area contributed by atoms with Crippen molar-refractivity contribution in [1.29, 1.82) is 0 Å². The Balaban J connectivity index is 2.65. The van der Waals surface area contributed by atoms with Crippen molar-refractivity contribution in [2.75, 3.05) is 0 Å². The summed E-state index contributed by atoms with van der Waals surface area (Å²) in [5.74, 6) is 0. The summed E-state index contributed by atoms with van der Waals surface area (Å²) in [5.41, 5.74) is 0. The van der Waals surface area contributed by atoms with Crippen molar-refractivity contribution in [2.24, 2.45) is 0 Å². The van der Waals surface area contributed by atoms with Gasteiger partial charge < -0.3 is 0 Å². The Bertz CT molecular complexity index is 34.2. The number of hydrogen-bond acceptors (Lipinski definition) is 3. The maximum absolute atomic E-state index is 9.38. The third-order valence-electron chi connectivity index (χ3n) is 0.111. The van der Waals surface area contributed by atoms with Crippen LogP contribution in [0.4, 0.5) is 0 Å². The average Bonchev–Trinajstić information content (AvgIpc) is 1.41. The van der Waals surface area contributed by atoms with Crippen molar-refractivity contribution in [2.45, 2.75) is 0 Å². The van der Waals surface area contributed by atoms with Gasteiger partial charge in [0.05, 0.1) is 0 Å². The third kappa shape index (κ3) is 6.44. The van der Waals surface area contributed by atoms with E-state index in [9.17, 15) is 1.30 Å². The van der Waals surface area contributed by atoms with Crippen molar-refractivity contribution in [3.05, 3.63) is 0 Å². The van der Waals surface area contributed by atoms with Gasteiger partial charge in [-0.15, -0.1) is 0 Å². The van der Waals surface area contributed by atoms with E-state index in [4.69, 9.17) is 0 Å². The molecule has 0 bridgehead atoms. The van der Waals surface area contributed by atoms with Gasteiger partial charge in [0.2, 0.25) is 0 Å². The SMILES string of the molecule is [O]=[Ac][O][Ac]=[O]. The molecule has 0 unspecified atom stereocenters. The van der Waals surface area contributed by atoms with E-state index in [0.717, 1.165) is 0 Å². The molecule has 0 aromatic rings. The van der Waals surface area contributed by atoms with Crippen LogP contribution in [0.15, 0.2) is 0 Å². The van der Waals surface area contributed by atoms with Gasteiger partial charge in [-0.05, 0) is 0 Å². The Kier molecular flexibility index (Phi) is 9.59. The molecule has 0 spiro atoms. The summed E-state index contributed by atoms with van der Waals surface area (Å²) in [7, 11) is 0. The second kappa shape index (κ2) is 6.44. The predicted octanol–water partition coefficient (Wildman–Crippen LogP) is -0.306. The van der Waals surface area contributed by atoms with Gasteiger partial charge in [0, 0.05) is 0 Å². The van der Waals surface area contributed by atoms with Crippen LogP contribution in [0.5, 0.6) is 0 Å². The van der Waals surface area contributed by atoms with E-state index in [0.29, 0.717) is 0 Å². The molecule has 3 nitrogen and oxygen atoms in total. The molecule has 0 heterocycles. The molecule has 0 saturated heterocycles. The predicted molar refractivity (Wildman–Crippen MR) is 2.46 cm³/mol. The Morgan fingerprint density at radius 3 is 1.60 bits per heavy atom. The molecule has 0 amide bonds. The fourth-order valence-electron chi connectivity index (χ4n) is 0.0227. The van der Waals surface area contributed by atoms with E-state index in [-0.39, 0.29) is 0 Å². The molecule has 0 atom stereocenters. The molecule has 0 aromatic carbocycles. The van der Waals surface area contributed by atoms with Crippen molar-refractivity contribution >= 4 is 0 Å². The van der Waals surface area contributed by atoms with Gasteiger partial charge in [0.25, 0.3) is 0 Å². The van der Waals surface area contributed by atoms with Crippen LogP contribution < -0.4 is 0 Å². The van der Waals surface area contributed by atoms with Crippen LogP contribution >= 0.6 is 0 Å². The van der Waals surface area contributed by atoms with Crippen molar-refractivity contribution in [1.82, 2.24) is 0 Å². The topological polar surface area (TPSA) is 43.4 Å². The van der Waals surface area contributed by atoms with Gasteiger partial charge in [-0.2, -0.15) is 0 Å². The van der Waals surface area contributed by atoms with Crippen LogP contribution in [-0.4, -0.2) is 0 Å². The van der Waals surface area contributed by atoms with Crippen LogP contribution in [0, 0.1) is 80.9 Å². The Morgan fingerprint density at radius 2 is 1.60 bits per heavy atom. The second-order valence-electron chi connectivity index (χ2n) is 0.329. The quantitative estimate of drug-likeness (QED) is 0.522. The van der Waals surface area contributed by atoms with Crippen molar-refractivity contribution in [3.8, 4) is 0 Å². The first-order chi connectivity index (χ1) is 2.41. The Morgan fingerprint density at radius 1 is 1.20 bits per heavy atom. The molecule has 0 fully saturated rings. The van der Waals surface area contributed by atoms with Gasteiger partial charge in [0.1, 0.15) is 0 Å². The average molecular weight is 502 g/mol. The monoisotopic (exact) mass is 502 g/mol. The summed E-state index contributed by atoms with van der Waals surface area (Å²) in [6.45, 7) is 0. The normalized spacial score (nSPS) is 4.80. The zero-order chi connectivity index (χ0) is 4.12. The Hall–Kier alpha value is 2.44.